The van der Waals surface area contributed by atoms with E-state index in [1.54, 1.807) is 100 Å². The molecule has 0 radical (unpaired) electrons. The number of carboxylic acid groups (broad SMARTS) is 4. The smallest absolute Gasteiger partial charge is 0.545 e. The van der Waals surface area contributed by atoms with Crippen molar-refractivity contribution in [1.29, 1.82) is 0 Å². The van der Waals surface area contributed by atoms with E-state index in [-0.39, 0.29) is 49.6 Å². The number of carbonyl (C=O) groups is 4. The molecule has 9 heteroatoms. The maximum absolute atomic E-state index is 10.3. The Morgan fingerprint density at radius 1 is 0.366 bits per heavy atom. The van der Waals surface area contributed by atoms with E-state index >= 15 is 0 Å². The fourth-order valence-corrected chi connectivity index (χ4v) is 3.21. The van der Waals surface area contributed by atoms with E-state index < -0.39 is 23.9 Å². The molecule has 0 aliphatic carbocycles. The molecule has 0 spiro atoms. The van der Waals surface area contributed by atoms with Crippen LogP contribution in [0, 0.1) is 27.7 Å². The molecule has 4 aromatic carbocycles. The number of carbonyl (C=O) groups excluding carboxylic acids is 4. The van der Waals surface area contributed by atoms with Crippen molar-refractivity contribution in [3.8, 4) is 0 Å². The summed E-state index contributed by atoms with van der Waals surface area (Å²) in [6.45, 7) is 6.96. The first-order valence-electron chi connectivity index (χ1n) is 11.9. The normalized spacial score (nSPS) is 9.07. The predicted molar refractivity (Wildman–Crippen MR) is 148 cm³/mol. The molecule has 208 valence electrons. The molecule has 0 amide bonds. The van der Waals surface area contributed by atoms with E-state index in [0.29, 0.717) is 0 Å². The molecule has 0 fully saturated rings. The first-order chi connectivity index (χ1) is 18.9. The van der Waals surface area contributed by atoms with Gasteiger partial charge in [-0.25, -0.2) is 0 Å². The molecule has 0 heterocycles. The van der Waals surface area contributed by atoms with Crippen LogP contribution in [-0.2, 0) is 0 Å². The van der Waals surface area contributed by atoms with Gasteiger partial charge in [0.25, 0.3) is 0 Å². The fraction of sp³-hybridized carbons (Fsp3) is 0.125. The Kier molecular flexibility index (Phi) is 16.9. The van der Waals surface area contributed by atoms with Crippen LogP contribution < -0.4 is 20.4 Å². The van der Waals surface area contributed by atoms with E-state index in [1.165, 1.54) is 24.3 Å². The van der Waals surface area contributed by atoms with Gasteiger partial charge in [-0.2, -0.15) is 0 Å². The minimum absolute atomic E-state index is 0. The Balaban J connectivity index is 0.000000516. The molecule has 8 nitrogen and oxygen atoms in total. The molecule has 0 aliphatic heterocycles. The standard InChI is InChI=1S/4C8H8O2.Pb/c4*1-6-4-2-3-5-7(6)8(9)10;/h4*2-5H,1H3,(H,9,10);/q;;;;+4/p-4. The third-order valence-corrected chi connectivity index (χ3v) is 5.46. The maximum atomic E-state index is 10.3. The third-order valence-electron chi connectivity index (χ3n) is 5.46. The Morgan fingerprint density at radius 2 is 0.512 bits per heavy atom. The predicted octanol–water partition coefficient (Wildman–Crippen LogP) is 1.05. The van der Waals surface area contributed by atoms with E-state index in [4.69, 9.17) is 0 Å². The van der Waals surface area contributed by atoms with Crippen molar-refractivity contribution in [3.05, 3.63) is 142 Å². The van der Waals surface area contributed by atoms with Crippen LogP contribution in [0.5, 0.6) is 0 Å². The molecule has 0 aliphatic rings. The van der Waals surface area contributed by atoms with Crippen molar-refractivity contribution in [2.75, 3.05) is 0 Å². The van der Waals surface area contributed by atoms with Crippen LogP contribution >= 0.6 is 0 Å². The summed E-state index contributed by atoms with van der Waals surface area (Å²) in [5.41, 5.74) is 4.02. The second kappa shape index (κ2) is 18.9. The minimum Gasteiger partial charge on any atom is -0.545 e. The Labute approximate surface area is 259 Å². The summed E-state index contributed by atoms with van der Waals surface area (Å²) in [4.78, 5) is 41.2. The molecule has 41 heavy (non-hydrogen) atoms. The maximum Gasteiger partial charge on any atom is 4.00 e. The summed E-state index contributed by atoms with van der Waals surface area (Å²) < 4.78 is 0. The summed E-state index contributed by atoms with van der Waals surface area (Å²) in [7, 11) is 0. The number of hydrogen-bond donors (Lipinski definition) is 0. The van der Waals surface area contributed by atoms with Gasteiger partial charge in [0.1, 0.15) is 0 Å². The second-order valence-corrected chi connectivity index (χ2v) is 8.41. The van der Waals surface area contributed by atoms with Crippen LogP contribution in [0.1, 0.15) is 63.7 Å². The summed E-state index contributed by atoms with van der Waals surface area (Å²) in [5, 5.41) is 41.2. The van der Waals surface area contributed by atoms with Crippen molar-refractivity contribution in [2.24, 2.45) is 0 Å². The van der Waals surface area contributed by atoms with Gasteiger partial charge in [-0.1, -0.05) is 97.1 Å². The number of rotatable bonds is 4. The largest absolute Gasteiger partial charge is 4.00 e. The van der Waals surface area contributed by atoms with Crippen molar-refractivity contribution >= 4 is 51.2 Å². The van der Waals surface area contributed by atoms with Crippen molar-refractivity contribution in [2.45, 2.75) is 27.7 Å². The van der Waals surface area contributed by atoms with E-state index in [1.807, 2.05) is 0 Å². The minimum atomic E-state index is -1.11. The second-order valence-electron chi connectivity index (χ2n) is 8.41. The summed E-state index contributed by atoms with van der Waals surface area (Å²) in [6.07, 6.45) is 0. The van der Waals surface area contributed by atoms with Crippen LogP contribution in [0.2, 0.25) is 0 Å². The Morgan fingerprint density at radius 3 is 0.610 bits per heavy atom. The molecule has 0 saturated heterocycles. The van der Waals surface area contributed by atoms with Crippen LogP contribution in [0.3, 0.4) is 0 Å². The number of carboxylic acids is 4. The van der Waals surface area contributed by atoms with E-state index in [9.17, 15) is 39.6 Å². The van der Waals surface area contributed by atoms with Gasteiger partial charge in [0.15, 0.2) is 0 Å². The zero-order chi connectivity index (χ0) is 30.2. The van der Waals surface area contributed by atoms with Crippen LogP contribution in [0.25, 0.3) is 0 Å². The SMILES string of the molecule is Cc1ccccc1C(=O)[O-].Cc1ccccc1C(=O)[O-].Cc1ccccc1C(=O)[O-].Cc1ccccc1C(=O)[O-].[Pb+4]. The molecule has 4 aromatic rings. The van der Waals surface area contributed by atoms with Gasteiger partial charge < -0.3 is 39.6 Å². The molecule has 0 bridgehead atoms. The van der Waals surface area contributed by atoms with Crippen molar-refractivity contribution in [1.82, 2.24) is 0 Å². The number of aromatic carboxylic acids is 4. The first kappa shape index (κ1) is 36.7. The quantitative estimate of drug-likeness (QED) is 0.280. The van der Waals surface area contributed by atoms with Gasteiger partial charge in [0, 0.05) is 22.3 Å². The topological polar surface area (TPSA) is 161 Å². The summed E-state index contributed by atoms with van der Waals surface area (Å²) in [5.74, 6) is -4.45. The zero-order valence-electron chi connectivity index (χ0n) is 23.0. The fourth-order valence-electron chi connectivity index (χ4n) is 3.21. The van der Waals surface area contributed by atoms with Crippen molar-refractivity contribution in [3.63, 3.8) is 0 Å². The van der Waals surface area contributed by atoms with E-state index in [0.717, 1.165) is 22.3 Å². The van der Waals surface area contributed by atoms with Gasteiger partial charge in [0.05, 0.1) is 23.9 Å². The zero-order valence-corrected chi connectivity index (χ0v) is 26.9. The van der Waals surface area contributed by atoms with Gasteiger partial charge in [-0.15, -0.1) is 0 Å². The molecule has 4 rings (SSSR count). The molecule has 0 atom stereocenters. The van der Waals surface area contributed by atoms with Gasteiger partial charge in [-0.3, -0.25) is 0 Å². The average molecular weight is 748 g/mol. The number of benzene rings is 4. The summed E-state index contributed by atoms with van der Waals surface area (Å²) in [6, 6.07) is 27.0. The molecule has 0 N–H and O–H groups in total. The van der Waals surface area contributed by atoms with E-state index in [2.05, 4.69) is 0 Å². The molecular weight excluding hydrogens is 720 g/mol. The van der Waals surface area contributed by atoms with Gasteiger partial charge >= 0.3 is 27.3 Å². The van der Waals surface area contributed by atoms with Crippen molar-refractivity contribution < 1.29 is 39.6 Å². The number of aryl methyl sites for hydroxylation is 4. The molecule has 0 saturated carbocycles. The molecular formula is C32H28O8Pb. The Hall–Kier alpha value is -4.32. The van der Waals surface area contributed by atoms with Gasteiger partial charge in [-0.05, 0) is 49.9 Å². The van der Waals surface area contributed by atoms with Crippen LogP contribution in [0.4, 0.5) is 0 Å². The van der Waals surface area contributed by atoms with Crippen LogP contribution in [0.15, 0.2) is 97.1 Å². The molecule has 0 unspecified atom stereocenters. The monoisotopic (exact) mass is 748 g/mol. The Bertz CT molecular complexity index is 1240. The number of hydrogen-bond acceptors (Lipinski definition) is 8. The molecule has 0 aromatic heterocycles. The average Bonchev–Trinajstić information content (AvgIpc) is 2.90. The van der Waals surface area contributed by atoms with Gasteiger partial charge in [0.2, 0.25) is 0 Å². The summed E-state index contributed by atoms with van der Waals surface area (Å²) >= 11 is 0. The first-order valence-corrected chi connectivity index (χ1v) is 11.9. The van der Waals surface area contributed by atoms with Crippen LogP contribution in [-0.4, -0.2) is 51.2 Å². The third kappa shape index (κ3) is 13.1.